The molecule has 78 valence electrons. The van der Waals surface area contributed by atoms with Crippen molar-refractivity contribution in [3.63, 3.8) is 0 Å². The van der Waals surface area contributed by atoms with Gasteiger partial charge in [-0.1, -0.05) is 34.1 Å². The summed E-state index contributed by atoms with van der Waals surface area (Å²) in [6.07, 6.45) is 3.10. The predicted octanol–water partition coefficient (Wildman–Crippen LogP) is 1.98. The number of aliphatic carboxylic acids is 1. The minimum absolute atomic E-state index is 0.203. The SMILES string of the molecule is CC(CCCC(=O)[O-])CC(C)(C)C. The lowest BCUT2D eigenvalue weighted by atomic mass is 9.83. The second-order valence-electron chi connectivity index (χ2n) is 5.13. The van der Waals surface area contributed by atoms with Gasteiger partial charge in [0.05, 0.1) is 0 Å². The molecule has 0 N–H and O–H groups in total. The van der Waals surface area contributed by atoms with Gasteiger partial charge in [-0.15, -0.1) is 0 Å². The summed E-state index contributed by atoms with van der Waals surface area (Å²) in [6.45, 7) is 8.81. The van der Waals surface area contributed by atoms with Crippen LogP contribution in [0.15, 0.2) is 0 Å². The normalized spacial score (nSPS) is 14.2. The van der Waals surface area contributed by atoms with Gasteiger partial charge in [-0.3, -0.25) is 0 Å². The van der Waals surface area contributed by atoms with Crippen LogP contribution in [0.4, 0.5) is 0 Å². The average Bonchev–Trinajstić information content (AvgIpc) is 1.81. The summed E-state index contributed by atoms with van der Waals surface area (Å²) in [5.41, 5.74) is 0.348. The van der Waals surface area contributed by atoms with Crippen LogP contribution in [0.25, 0.3) is 0 Å². The van der Waals surface area contributed by atoms with E-state index in [1.54, 1.807) is 0 Å². The fourth-order valence-corrected chi connectivity index (χ4v) is 1.74. The van der Waals surface area contributed by atoms with E-state index >= 15 is 0 Å². The number of hydrogen-bond donors (Lipinski definition) is 0. The molecule has 0 spiro atoms. The third-order valence-corrected chi connectivity index (χ3v) is 2.04. The molecule has 0 aliphatic carbocycles. The summed E-state index contributed by atoms with van der Waals surface area (Å²) in [4.78, 5) is 10.2. The van der Waals surface area contributed by atoms with Crippen LogP contribution in [0.2, 0.25) is 0 Å². The van der Waals surface area contributed by atoms with Crippen molar-refractivity contribution in [2.45, 2.75) is 53.4 Å². The van der Waals surface area contributed by atoms with E-state index in [0.717, 1.165) is 19.3 Å². The fraction of sp³-hybridized carbons (Fsp3) is 0.909. The first-order valence-electron chi connectivity index (χ1n) is 5.01. The first kappa shape index (κ1) is 12.5. The van der Waals surface area contributed by atoms with Gasteiger partial charge in [0, 0.05) is 5.97 Å². The number of carboxylic acid groups (broad SMARTS) is 1. The minimum Gasteiger partial charge on any atom is -0.550 e. The molecule has 0 bridgehead atoms. The Morgan fingerprint density at radius 1 is 1.38 bits per heavy atom. The van der Waals surface area contributed by atoms with Gasteiger partial charge in [-0.2, -0.15) is 0 Å². The Morgan fingerprint density at radius 2 is 1.92 bits per heavy atom. The van der Waals surface area contributed by atoms with Gasteiger partial charge in [0.1, 0.15) is 0 Å². The predicted molar refractivity (Wildman–Crippen MR) is 52.1 cm³/mol. The van der Waals surface area contributed by atoms with Crippen LogP contribution in [-0.2, 0) is 4.79 Å². The molecule has 0 saturated heterocycles. The van der Waals surface area contributed by atoms with Crippen molar-refractivity contribution < 1.29 is 9.90 Å². The van der Waals surface area contributed by atoms with Gasteiger partial charge in [-0.05, 0) is 30.6 Å². The molecule has 0 saturated carbocycles. The van der Waals surface area contributed by atoms with Crippen LogP contribution in [0.3, 0.4) is 0 Å². The van der Waals surface area contributed by atoms with Crippen LogP contribution in [0.5, 0.6) is 0 Å². The molecule has 1 atom stereocenters. The molecular formula is C11H21O2-. The number of carbonyl (C=O) groups excluding carboxylic acids is 1. The van der Waals surface area contributed by atoms with E-state index in [1.807, 2.05) is 0 Å². The third kappa shape index (κ3) is 9.38. The maximum Gasteiger partial charge on any atom is 0.0414 e. The van der Waals surface area contributed by atoms with Crippen LogP contribution in [0.1, 0.15) is 53.4 Å². The fourth-order valence-electron chi connectivity index (χ4n) is 1.74. The molecule has 0 rings (SSSR count). The van der Waals surface area contributed by atoms with E-state index in [1.165, 1.54) is 0 Å². The van der Waals surface area contributed by atoms with Crippen LogP contribution in [0, 0.1) is 11.3 Å². The van der Waals surface area contributed by atoms with Crippen molar-refractivity contribution in [2.75, 3.05) is 0 Å². The lowest BCUT2D eigenvalue weighted by molar-refractivity contribution is -0.305. The summed E-state index contributed by atoms with van der Waals surface area (Å²) in [5.74, 6) is -0.317. The van der Waals surface area contributed by atoms with Crippen molar-refractivity contribution in [3.8, 4) is 0 Å². The Bertz CT molecular complexity index is 156. The quantitative estimate of drug-likeness (QED) is 0.657. The average molecular weight is 185 g/mol. The molecule has 0 radical (unpaired) electrons. The molecule has 0 aliphatic rings. The number of hydrogen-bond acceptors (Lipinski definition) is 2. The smallest absolute Gasteiger partial charge is 0.0414 e. The monoisotopic (exact) mass is 185 g/mol. The van der Waals surface area contributed by atoms with Gasteiger partial charge < -0.3 is 9.90 Å². The summed E-state index contributed by atoms with van der Waals surface area (Å²) >= 11 is 0. The zero-order valence-electron chi connectivity index (χ0n) is 9.22. The molecule has 2 heteroatoms. The first-order valence-corrected chi connectivity index (χ1v) is 5.01. The van der Waals surface area contributed by atoms with E-state index in [-0.39, 0.29) is 6.42 Å². The molecule has 0 aromatic carbocycles. The molecule has 13 heavy (non-hydrogen) atoms. The first-order chi connectivity index (χ1) is 5.81. The summed E-state index contributed by atoms with van der Waals surface area (Å²) in [7, 11) is 0. The summed E-state index contributed by atoms with van der Waals surface area (Å²) in [6, 6.07) is 0. The Kier molecular flexibility index (Phi) is 5.04. The Labute approximate surface area is 81.3 Å². The molecule has 0 aliphatic heterocycles. The largest absolute Gasteiger partial charge is 0.550 e. The highest BCUT2D eigenvalue weighted by molar-refractivity contribution is 5.64. The second-order valence-corrected chi connectivity index (χ2v) is 5.13. The maximum atomic E-state index is 10.2. The van der Waals surface area contributed by atoms with E-state index < -0.39 is 5.97 Å². The van der Waals surface area contributed by atoms with E-state index in [2.05, 4.69) is 27.7 Å². The van der Waals surface area contributed by atoms with E-state index in [0.29, 0.717) is 11.3 Å². The molecule has 0 aromatic heterocycles. The van der Waals surface area contributed by atoms with Crippen molar-refractivity contribution >= 4 is 5.97 Å². The van der Waals surface area contributed by atoms with Crippen molar-refractivity contribution in [1.82, 2.24) is 0 Å². The van der Waals surface area contributed by atoms with Gasteiger partial charge in [0.25, 0.3) is 0 Å². The van der Waals surface area contributed by atoms with Gasteiger partial charge >= 0.3 is 0 Å². The highest BCUT2D eigenvalue weighted by Crippen LogP contribution is 2.26. The molecule has 0 heterocycles. The van der Waals surface area contributed by atoms with Crippen molar-refractivity contribution in [1.29, 1.82) is 0 Å². The molecule has 1 unspecified atom stereocenters. The van der Waals surface area contributed by atoms with E-state index in [9.17, 15) is 9.90 Å². The van der Waals surface area contributed by atoms with Crippen molar-refractivity contribution in [3.05, 3.63) is 0 Å². The highest BCUT2D eigenvalue weighted by Gasteiger charge is 2.14. The number of rotatable bonds is 5. The molecular weight excluding hydrogens is 164 g/mol. The lowest BCUT2D eigenvalue weighted by Crippen LogP contribution is -2.21. The third-order valence-electron chi connectivity index (χ3n) is 2.04. The van der Waals surface area contributed by atoms with Gasteiger partial charge in [0.2, 0.25) is 0 Å². The Hall–Kier alpha value is -0.530. The highest BCUT2D eigenvalue weighted by atomic mass is 16.4. The number of carbonyl (C=O) groups is 1. The molecule has 0 fully saturated rings. The topological polar surface area (TPSA) is 40.1 Å². The molecule has 0 aromatic rings. The summed E-state index contributed by atoms with van der Waals surface area (Å²) < 4.78 is 0. The second kappa shape index (κ2) is 5.25. The van der Waals surface area contributed by atoms with Crippen molar-refractivity contribution in [2.24, 2.45) is 11.3 Å². The van der Waals surface area contributed by atoms with E-state index in [4.69, 9.17) is 0 Å². The maximum absolute atomic E-state index is 10.2. The van der Waals surface area contributed by atoms with Gasteiger partial charge in [-0.25, -0.2) is 0 Å². The van der Waals surface area contributed by atoms with Crippen LogP contribution in [-0.4, -0.2) is 5.97 Å². The molecule has 2 nitrogen and oxygen atoms in total. The van der Waals surface area contributed by atoms with Crippen LogP contribution < -0.4 is 5.11 Å². The zero-order chi connectivity index (χ0) is 10.5. The Balaban J connectivity index is 3.52. The van der Waals surface area contributed by atoms with Gasteiger partial charge in [0.15, 0.2) is 0 Å². The zero-order valence-corrected chi connectivity index (χ0v) is 9.22. The standard InChI is InChI=1S/C11H22O2/c1-9(8-11(2,3)4)6-5-7-10(12)13/h9H,5-8H2,1-4H3,(H,12,13)/p-1. The van der Waals surface area contributed by atoms with Crippen LogP contribution >= 0.6 is 0 Å². The lowest BCUT2D eigenvalue weighted by Gasteiger charge is -2.23. The molecule has 0 amide bonds. The number of carboxylic acids is 1. The minimum atomic E-state index is -0.928. The Morgan fingerprint density at radius 3 is 2.31 bits per heavy atom. The summed E-state index contributed by atoms with van der Waals surface area (Å²) in [5, 5.41) is 10.2.